The SMILES string of the molecule is CCN1CCn2c(I)nnc2C1. The van der Waals surface area contributed by atoms with Crippen LogP contribution >= 0.6 is 22.6 Å². The zero-order valence-corrected chi connectivity index (χ0v) is 9.15. The molecule has 1 aliphatic heterocycles. The van der Waals surface area contributed by atoms with E-state index in [0.29, 0.717) is 0 Å². The van der Waals surface area contributed by atoms with Crippen LogP contribution in [0.1, 0.15) is 12.7 Å². The van der Waals surface area contributed by atoms with Gasteiger partial charge in [-0.3, -0.25) is 4.90 Å². The zero-order chi connectivity index (χ0) is 8.55. The van der Waals surface area contributed by atoms with Crippen molar-refractivity contribution < 1.29 is 0 Å². The fourth-order valence-corrected chi connectivity index (χ4v) is 2.07. The van der Waals surface area contributed by atoms with E-state index in [1.54, 1.807) is 0 Å². The smallest absolute Gasteiger partial charge is 0.194 e. The molecular formula is C7H11IN4. The number of likely N-dealkylation sites (N-methyl/N-ethyl adjacent to an activating group) is 1. The fraction of sp³-hybridized carbons (Fsp3) is 0.714. The molecule has 1 aliphatic rings. The van der Waals surface area contributed by atoms with Gasteiger partial charge in [-0.05, 0) is 6.54 Å². The van der Waals surface area contributed by atoms with Crippen LogP contribution in [0.5, 0.6) is 0 Å². The van der Waals surface area contributed by atoms with Crippen LogP contribution in [0.15, 0.2) is 0 Å². The lowest BCUT2D eigenvalue weighted by molar-refractivity contribution is 0.227. The first-order valence-corrected chi connectivity index (χ1v) is 5.19. The van der Waals surface area contributed by atoms with Crippen LogP contribution in [0, 0.1) is 3.83 Å². The summed E-state index contributed by atoms with van der Waals surface area (Å²) >= 11 is 2.23. The van der Waals surface area contributed by atoms with Crippen molar-refractivity contribution in [2.75, 3.05) is 13.1 Å². The lowest BCUT2D eigenvalue weighted by atomic mass is 10.3. The lowest BCUT2D eigenvalue weighted by Gasteiger charge is -2.25. The van der Waals surface area contributed by atoms with Gasteiger partial charge in [-0.25, -0.2) is 0 Å². The van der Waals surface area contributed by atoms with Gasteiger partial charge in [-0.15, -0.1) is 10.2 Å². The topological polar surface area (TPSA) is 34.0 Å². The Morgan fingerprint density at radius 3 is 3.00 bits per heavy atom. The lowest BCUT2D eigenvalue weighted by Crippen LogP contribution is -2.33. The summed E-state index contributed by atoms with van der Waals surface area (Å²) in [6.07, 6.45) is 0. The van der Waals surface area contributed by atoms with Gasteiger partial charge >= 0.3 is 0 Å². The van der Waals surface area contributed by atoms with Gasteiger partial charge in [0.1, 0.15) is 5.82 Å². The van der Waals surface area contributed by atoms with Crippen molar-refractivity contribution in [3.05, 3.63) is 9.66 Å². The van der Waals surface area contributed by atoms with Gasteiger partial charge < -0.3 is 4.57 Å². The molecule has 0 spiro atoms. The minimum atomic E-state index is 0.951. The van der Waals surface area contributed by atoms with Gasteiger partial charge in [0.15, 0.2) is 3.83 Å². The average Bonchev–Trinajstić information content (AvgIpc) is 2.47. The molecule has 2 rings (SSSR count). The second kappa shape index (κ2) is 3.29. The van der Waals surface area contributed by atoms with E-state index in [9.17, 15) is 0 Å². The summed E-state index contributed by atoms with van der Waals surface area (Å²) < 4.78 is 3.20. The Labute approximate surface area is 85.1 Å². The van der Waals surface area contributed by atoms with Crippen LogP contribution in [-0.4, -0.2) is 32.8 Å². The number of rotatable bonds is 1. The zero-order valence-electron chi connectivity index (χ0n) is 7.00. The van der Waals surface area contributed by atoms with Crippen molar-refractivity contribution in [3.63, 3.8) is 0 Å². The van der Waals surface area contributed by atoms with Crippen molar-refractivity contribution in [1.29, 1.82) is 0 Å². The Morgan fingerprint density at radius 1 is 1.42 bits per heavy atom. The first-order valence-electron chi connectivity index (χ1n) is 4.11. The van der Waals surface area contributed by atoms with E-state index in [2.05, 4.69) is 49.2 Å². The second-order valence-electron chi connectivity index (χ2n) is 2.91. The van der Waals surface area contributed by atoms with E-state index >= 15 is 0 Å². The standard InChI is InChI=1S/C7H11IN4/c1-2-11-3-4-12-6(5-11)9-10-7(12)8/h2-5H2,1H3. The third-order valence-electron chi connectivity index (χ3n) is 2.23. The number of hydrogen-bond acceptors (Lipinski definition) is 3. The Kier molecular flexibility index (Phi) is 2.31. The molecule has 0 radical (unpaired) electrons. The fourth-order valence-electron chi connectivity index (χ4n) is 1.44. The normalized spacial score (nSPS) is 17.8. The average molecular weight is 278 g/mol. The molecule has 0 unspecified atom stereocenters. The van der Waals surface area contributed by atoms with Gasteiger partial charge in [-0.1, -0.05) is 6.92 Å². The highest BCUT2D eigenvalue weighted by atomic mass is 127. The summed E-state index contributed by atoms with van der Waals surface area (Å²) in [4.78, 5) is 2.38. The van der Waals surface area contributed by atoms with E-state index in [0.717, 1.165) is 35.8 Å². The monoisotopic (exact) mass is 278 g/mol. The summed E-state index contributed by atoms with van der Waals surface area (Å²) in [5, 5.41) is 8.16. The van der Waals surface area contributed by atoms with Crippen molar-refractivity contribution in [2.24, 2.45) is 0 Å². The summed E-state index contributed by atoms with van der Waals surface area (Å²) in [6.45, 7) is 6.39. The largest absolute Gasteiger partial charge is 0.304 e. The minimum Gasteiger partial charge on any atom is -0.304 e. The Hall–Kier alpha value is -0.170. The van der Waals surface area contributed by atoms with Gasteiger partial charge in [-0.2, -0.15) is 0 Å². The third kappa shape index (κ3) is 1.35. The molecule has 2 heterocycles. The van der Waals surface area contributed by atoms with Crippen molar-refractivity contribution in [3.8, 4) is 0 Å². The van der Waals surface area contributed by atoms with Crippen LogP contribution in [0.2, 0.25) is 0 Å². The van der Waals surface area contributed by atoms with Gasteiger partial charge in [0, 0.05) is 35.7 Å². The first kappa shape index (κ1) is 8.43. The van der Waals surface area contributed by atoms with Gasteiger partial charge in [0.2, 0.25) is 0 Å². The summed E-state index contributed by atoms with van der Waals surface area (Å²) in [5.41, 5.74) is 0. The molecule has 1 aromatic heterocycles. The van der Waals surface area contributed by atoms with E-state index in [-0.39, 0.29) is 0 Å². The quantitative estimate of drug-likeness (QED) is 0.710. The third-order valence-corrected chi connectivity index (χ3v) is 3.03. The molecule has 0 saturated carbocycles. The Bertz CT molecular complexity index is 283. The maximum Gasteiger partial charge on any atom is 0.194 e. The predicted octanol–water partition coefficient (Wildman–Crippen LogP) is 0.718. The van der Waals surface area contributed by atoms with Crippen LogP contribution in [-0.2, 0) is 13.1 Å². The van der Waals surface area contributed by atoms with Crippen molar-refractivity contribution in [2.45, 2.75) is 20.0 Å². The summed E-state index contributed by atoms with van der Waals surface area (Å²) in [5.74, 6) is 1.10. The molecule has 0 atom stereocenters. The molecular weight excluding hydrogens is 267 g/mol. The molecule has 0 fully saturated rings. The maximum absolute atomic E-state index is 4.12. The van der Waals surface area contributed by atoms with Crippen LogP contribution in [0.3, 0.4) is 0 Å². The van der Waals surface area contributed by atoms with Crippen molar-refractivity contribution in [1.82, 2.24) is 19.7 Å². The van der Waals surface area contributed by atoms with Gasteiger partial charge in [0.05, 0.1) is 6.54 Å². The van der Waals surface area contributed by atoms with Crippen LogP contribution in [0.4, 0.5) is 0 Å². The first-order chi connectivity index (χ1) is 5.81. The molecule has 12 heavy (non-hydrogen) atoms. The molecule has 0 aliphatic carbocycles. The number of nitrogens with zero attached hydrogens (tertiary/aromatic N) is 4. The Morgan fingerprint density at radius 2 is 2.25 bits per heavy atom. The number of fused-ring (bicyclic) bond motifs is 1. The molecule has 0 amide bonds. The highest BCUT2D eigenvalue weighted by Crippen LogP contribution is 2.12. The molecule has 0 N–H and O–H groups in total. The minimum absolute atomic E-state index is 0.951. The number of hydrogen-bond donors (Lipinski definition) is 0. The molecule has 66 valence electrons. The molecule has 0 aromatic carbocycles. The van der Waals surface area contributed by atoms with Crippen LogP contribution < -0.4 is 0 Å². The highest BCUT2D eigenvalue weighted by molar-refractivity contribution is 14.1. The molecule has 0 saturated heterocycles. The molecule has 0 bridgehead atoms. The molecule has 5 heteroatoms. The summed E-state index contributed by atoms with van der Waals surface area (Å²) in [7, 11) is 0. The van der Waals surface area contributed by atoms with E-state index in [1.165, 1.54) is 0 Å². The van der Waals surface area contributed by atoms with Crippen LogP contribution in [0.25, 0.3) is 0 Å². The van der Waals surface area contributed by atoms with E-state index < -0.39 is 0 Å². The van der Waals surface area contributed by atoms with E-state index in [4.69, 9.17) is 0 Å². The molecule has 1 aromatic rings. The van der Waals surface area contributed by atoms with E-state index in [1.807, 2.05) is 0 Å². The maximum atomic E-state index is 4.12. The predicted molar refractivity (Wildman–Crippen MR) is 53.7 cm³/mol. The second-order valence-corrected chi connectivity index (χ2v) is 3.87. The number of halogens is 1. The Balaban J connectivity index is 2.24. The summed E-state index contributed by atoms with van der Waals surface area (Å²) in [6, 6.07) is 0. The van der Waals surface area contributed by atoms with Gasteiger partial charge in [0.25, 0.3) is 0 Å². The van der Waals surface area contributed by atoms with Crippen molar-refractivity contribution >= 4 is 22.6 Å². The number of aromatic nitrogens is 3. The molecule has 4 nitrogen and oxygen atoms in total. The highest BCUT2D eigenvalue weighted by Gasteiger charge is 2.18.